The molecule has 1 N–H and O–H groups in total. The zero-order chi connectivity index (χ0) is 16.1. The molecule has 3 rings (SSSR count). The standard InChI is InChI=1S/C18H24N4O/c1-2-22-10-6-9-15(18(22)23)12-19-17-11-16(20-13-21-17)14-7-4-3-5-8-14/h6,9-11,13-14H,2-5,7-8,12H2,1H3,(H,19,20,21). The third-order valence-electron chi connectivity index (χ3n) is 4.61. The van der Waals surface area contributed by atoms with Crippen molar-refractivity contribution in [2.24, 2.45) is 0 Å². The molecule has 5 heteroatoms. The van der Waals surface area contributed by atoms with Gasteiger partial charge in [-0.3, -0.25) is 4.79 Å². The minimum absolute atomic E-state index is 0.0593. The van der Waals surface area contributed by atoms with Crippen molar-refractivity contribution in [3.05, 3.63) is 52.3 Å². The molecule has 0 saturated heterocycles. The van der Waals surface area contributed by atoms with Crippen LogP contribution in [0.4, 0.5) is 5.82 Å². The first-order chi connectivity index (χ1) is 11.3. The highest BCUT2D eigenvalue weighted by Gasteiger charge is 2.17. The Balaban J connectivity index is 1.70. The molecule has 0 unspecified atom stereocenters. The SMILES string of the molecule is CCn1cccc(CNc2cc(C3CCCCC3)ncn2)c1=O. The Morgan fingerprint density at radius 3 is 2.87 bits per heavy atom. The number of pyridine rings is 1. The third-order valence-corrected chi connectivity index (χ3v) is 4.61. The summed E-state index contributed by atoms with van der Waals surface area (Å²) in [5.74, 6) is 1.35. The molecule has 0 bridgehead atoms. The average molecular weight is 312 g/mol. The molecule has 23 heavy (non-hydrogen) atoms. The molecule has 1 aliphatic rings. The molecule has 0 spiro atoms. The maximum Gasteiger partial charge on any atom is 0.255 e. The number of rotatable bonds is 5. The van der Waals surface area contributed by atoms with Crippen molar-refractivity contribution in [3.8, 4) is 0 Å². The summed E-state index contributed by atoms with van der Waals surface area (Å²) < 4.78 is 1.71. The topological polar surface area (TPSA) is 59.8 Å². The van der Waals surface area contributed by atoms with E-state index in [1.54, 1.807) is 10.9 Å². The van der Waals surface area contributed by atoms with E-state index in [1.807, 2.05) is 31.3 Å². The van der Waals surface area contributed by atoms with E-state index in [9.17, 15) is 4.79 Å². The van der Waals surface area contributed by atoms with E-state index in [0.29, 0.717) is 19.0 Å². The van der Waals surface area contributed by atoms with Crippen molar-refractivity contribution in [1.82, 2.24) is 14.5 Å². The number of hydrogen-bond donors (Lipinski definition) is 1. The number of nitrogens with one attached hydrogen (secondary N) is 1. The summed E-state index contributed by atoms with van der Waals surface area (Å²) in [4.78, 5) is 21.0. The van der Waals surface area contributed by atoms with E-state index in [0.717, 1.165) is 17.1 Å². The highest BCUT2D eigenvalue weighted by atomic mass is 16.1. The van der Waals surface area contributed by atoms with Gasteiger partial charge in [-0.05, 0) is 25.8 Å². The van der Waals surface area contributed by atoms with Crippen LogP contribution in [0.5, 0.6) is 0 Å². The predicted molar refractivity (Wildman–Crippen MR) is 91.6 cm³/mol. The zero-order valence-corrected chi connectivity index (χ0v) is 13.7. The second-order valence-corrected chi connectivity index (χ2v) is 6.14. The van der Waals surface area contributed by atoms with Crippen molar-refractivity contribution < 1.29 is 0 Å². The van der Waals surface area contributed by atoms with Gasteiger partial charge in [0.1, 0.15) is 12.1 Å². The van der Waals surface area contributed by atoms with E-state index in [1.165, 1.54) is 32.1 Å². The Morgan fingerprint density at radius 2 is 2.09 bits per heavy atom. The molecule has 2 heterocycles. The largest absolute Gasteiger partial charge is 0.366 e. The normalized spacial score (nSPS) is 15.5. The van der Waals surface area contributed by atoms with Crippen LogP contribution in [0.3, 0.4) is 0 Å². The van der Waals surface area contributed by atoms with Crippen molar-refractivity contribution in [1.29, 1.82) is 0 Å². The van der Waals surface area contributed by atoms with Crippen LogP contribution in [-0.4, -0.2) is 14.5 Å². The fourth-order valence-electron chi connectivity index (χ4n) is 3.25. The Bertz CT molecular complexity index is 704. The first-order valence-corrected chi connectivity index (χ1v) is 8.52. The smallest absolute Gasteiger partial charge is 0.255 e. The highest BCUT2D eigenvalue weighted by Crippen LogP contribution is 2.31. The lowest BCUT2D eigenvalue weighted by Gasteiger charge is -2.21. The van der Waals surface area contributed by atoms with Gasteiger partial charge in [0.2, 0.25) is 0 Å². The maximum absolute atomic E-state index is 12.2. The van der Waals surface area contributed by atoms with Crippen LogP contribution in [0.1, 0.15) is 56.2 Å². The summed E-state index contributed by atoms with van der Waals surface area (Å²) in [6.45, 7) is 3.15. The molecular weight excluding hydrogens is 288 g/mol. The van der Waals surface area contributed by atoms with E-state index in [-0.39, 0.29) is 5.56 Å². The van der Waals surface area contributed by atoms with Crippen LogP contribution in [0.2, 0.25) is 0 Å². The van der Waals surface area contributed by atoms with Crippen LogP contribution in [0.15, 0.2) is 35.5 Å². The Kier molecular flexibility index (Phi) is 5.05. The number of aromatic nitrogens is 3. The molecule has 1 fully saturated rings. The highest BCUT2D eigenvalue weighted by molar-refractivity contribution is 5.36. The lowest BCUT2D eigenvalue weighted by atomic mass is 9.87. The van der Waals surface area contributed by atoms with Gasteiger partial charge in [-0.2, -0.15) is 0 Å². The minimum atomic E-state index is 0.0593. The van der Waals surface area contributed by atoms with Gasteiger partial charge < -0.3 is 9.88 Å². The molecule has 1 saturated carbocycles. The predicted octanol–water partition coefficient (Wildman–Crippen LogP) is 3.32. The molecule has 2 aromatic heterocycles. The van der Waals surface area contributed by atoms with Gasteiger partial charge in [0.15, 0.2) is 0 Å². The second-order valence-electron chi connectivity index (χ2n) is 6.14. The summed E-state index contributed by atoms with van der Waals surface area (Å²) in [6.07, 6.45) is 9.80. The van der Waals surface area contributed by atoms with E-state index < -0.39 is 0 Å². The fourth-order valence-corrected chi connectivity index (χ4v) is 3.25. The second kappa shape index (κ2) is 7.40. The van der Waals surface area contributed by atoms with Crippen LogP contribution >= 0.6 is 0 Å². The summed E-state index contributed by atoms with van der Waals surface area (Å²) in [5, 5.41) is 3.27. The van der Waals surface area contributed by atoms with E-state index in [4.69, 9.17) is 0 Å². The van der Waals surface area contributed by atoms with Gasteiger partial charge in [-0.1, -0.05) is 25.3 Å². The van der Waals surface area contributed by atoms with Gasteiger partial charge in [0.25, 0.3) is 5.56 Å². The van der Waals surface area contributed by atoms with Crippen molar-refractivity contribution in [3.63, 3.8) is 0 Å². The summed E-state index contributed by atoms with van der Waals surface area (Å²) in [5.41, 5.74) is 1.94. The number of nitrogens with zero attached hydrogens (tertiary/aromatic N) is 3. The van der Waals surface area contributed by atoms with Gasteiger partial charge in [0, 0.05) is 42.5 Å². The van der Waals surface area contributed by atoms with Crippen LogP contribution in [-0.2, 0) is 13.1 Å². The van der Waals surface area contributed by atoms with Crippen molar-refractivity contribution in [2.75, 3.05) is 5.32 Å². The first-order valence-electron chi connectivity index (χ1n) is 8.52. The Hall–Kier alpha value is -2.17. The van der Waals surface area contributed by atoms with Gasteiger partial charge in [-0.25, -0.2) is 9.97 Å². The molecule has 0 atom stereocenters. The van der Waals surface area contributed by atoms with Crippen LogP contribution in [0, 0.1) is 0 Å². The molecule has 2 aromatic rings. The number of aryl methyl sites for hydroxylation is 1. The monoisotopic (exact) mass is 312 g/mol. The fraction of sp³-hybridized carbons (Fsp3) is 0.500. The molecule has 5 nitrogen and oxygen atoms in total. The minimum Gasteiger partial charge on any atom is -0.366 e. The molecule has 0 aliphatic heterocycles. The third kappa shape index (κ3) is 3.78. The van der Waals surface area contributed by atoms with Gasteiger partial charge in [-0.15, -0.1) is 0 Å². The molecule has 0 radical (unpaired) electrons. The van der Waals surface area contributed by atoms with Crippen LogP contribution in [0.25, 0.3) is 0 Å². The maximum atomic E-state index is 12.2. The molecular formula is C18H24N4O. The summed E-state index contributed by atoms with van der Waals surface area (Å²) in [7, 11) is 0. The number of anilines is 1. The summed E-state index contributed by atoms with van der Waals surface area (Å²) >= 11 is 0. The van der Waals surface area contributed by atoms with E-state index in [2.05, 4.69) is 15.3 Å². The molecule has 122 valence electrons. The average Bonchev–Trinajstić information content (AvgIpc) is 2.62. The first kappa shape index (κ1) is 15.7. The van der Waals surface area contributed by atoms with Crippen molar-refractivity contribution in [2.45, 2.75) is 58.0 Å². The molecule has 0 amide bonds. The Morgan fingerprint density at radius 1 is 1.26 bits per heavy atom. The molecule has 1 aliphatic carbocycles. The number of hydrogen-bond acceptors (Lipinski definition) is 4. The molecule has 0 aromatic carbocycles. The lowest BCUT2D eigenvalue weighted by molar-refractivity contribution is 0.436. The van der Waals surface area contributed by atoms with E-state index >= 15 is 0 Å². The Labute approximate surface area is 136 Å². The quantitative estimate of drug-likeness (QED) is 0.920. The lowest BCUT2D eigenvalue weighted by Crippen LogP contribution is -2.23. The zero-order valence-electron chi connectivity index (χ0n) is 13.7. The van der Waals surface area contributed by atoms with Crippen LogP contribution < -0.4 is 10.9 Å². The van der Waals surface area contributed by atoms with Crippen molar-refractivity contribution >= 4 is 5.82 Å². The van der Waals surface area contributed by atoms with Gasteiger partial charge in [0.05, 0.1) is 0 Å². The summed E-state index contributed by atoms with van der Waals surface area (Å²) in [6, 6.07) is 5.82. The van der Waals surface area contributed by atoms with Gasteiger partial charge >= 0.3 is 0 Å².